The summed E-state index contributed by atoms with van der Waals surface area (Å²) >= 11 is 0. The van der Waals surface area contributed by atoms with Crippen molar-refractivity contribution in [3.8, 4) is 6.07 Å². The number of Topliss-reactive ketones (excluding diaryl/α,β-unsaturated/α-hetero) is 1. The highest BCUT2D eigenvalue weighted by Gasteiger charge is 2.40. The summed E-state index contributed by atoms with van der Waals surface area (Å²) < 4.78 is 6.80. The first-order valence-electron chi connectivity index (χ1n) is 8.79. The van der Waals surface area contributed by atoms with Crippen molar-refractivity contribution < 1.29 is 19.1 Å². The molecule has 0 aliphatic heterocycles. The Kier molecular flexibility index (Phi) is 5.86. The lowest BCUT2D eigenvalue weighted by atomic mass is 9.81. The average Bonchev–Trinajstić information content (AvgIpc) is 3.03. The molecule has 1 aliphatic carbocycles. The van der Waals surface area contributed by atoms with Gasteiger partial charge in [0.05, 0.1) is 6.07 Å². The number of carbonyl (C=O) groups excluding carboxylic acids is 3. The SMILES string of the molecule is CC(=O)c1cc(C(=O)O[C@@H](C)C(=O)N(C)C2(C#N)CCCCC2)n(C)c1. The Morgan fingerprint density at radius 1 is 1.31 bits per heavy atom. The van der Waals surface area contributed by atoms with Crippen molar-refractivity contribution in [1.29, 1.82) is 5.26 Å². The summed E-state index contributed by atoms with van der Waals surface area (Å²) in [6.45, 7) is 2.91. The molecule has 1 atom stereocenters. The van der Waals surface area contributed by atoms with E-state index in [9.17, 15) is 19.6 Å². The van der Waals surface area contributed by atoms with Crippen LogP contribution in [0.4, 0.5) is 0 Å². The van der Waals surface area contributed by atoms with E-state index in [4.69, 9.17) is 4.74 Å². The quantitative estimate of drug-likeness (QED) is 0.595. The minimum absolute atomic E-state index is 0.156. The van der Waals surface area contributed by atoms with Crippen molar-refractivity contribution in [1.82, 2.24) is 9.47 Å². The number of aryl methyl sites for hydroxylation is 1. The molecular formula is C19H25N3O4. The summed E-state index contributed by atoms with van der Waals surface area (Å²) in [6, 6.07) is 3.73. The lowest BCUT2D eigenvalue weighted by Gasteiger charge is -2.39. The Morgan fingerprint density at radius 3 is 2.42 bits per heavy atom. The number of rotatable bonds is 5. The van der Waals surface area contributed by atoms with Crippen LogP contribution < -0.4 is 0 Å². The van der Waals surface area contributed by atoms with E-state index in [0.29, 0.717) is 18.4 Å². The standard InChI is InChI=1S/C19H25N3O4/c1-13(23)15-10-16(21(3)11-15)18(25)26-14(2)17(24)22(4)19(12-20)8-6-5-7-9-19/h10-11,14H,5-9H2,1-4H3/t14-/m0/s1. The fourth-order valence-electron chi connectivity index (χ4n) is 3.37. The topological polar surface area (TPSA) is 92.4 Å². The number of hydrogen-bond acceptors (Lipinski definition) is 5. The van der Waals surface area contributed by atoms with Gasteiger partial charge in [0.2, 0.25) is 0 Å². The second-order valence-corrected chi connectivity index (χ2v) is 6.93. The zero-order valence-corrected chi connectivity index (χ0v) is 15.7. The van der Waals surface area contributed by atoms with Crippen LogP contribution in [0.15, 0.2) is 12.3 Å². The summed E-state index contributed by atoms with van der Waals surface area (Å²) in [5.41, 5.74) is -0.227. The number of ether oxygens (including phenoxy) is 1. The molecule has 0 radical (unpaired) electrons. The Hall–Kier alpha value is -2.62. The summed E-state index contributed by atoms with van der Waals surface area (Å²) in [5.74, 6) is -1.23. The fraction of sp³-hybridized carbons (Fsp3) is 0.579. The molecule has 1 heterocycles. The highest BCUT2D eigenvalue weighted by atomic mass is 16.5. The van der Waals surface area contributed by atoms with Crippen LogP contribution in [0.1, 0.15) is 66.8 Å². The largest absolute Gasteiger partial charge is 0.448 e. The molecule has 1 amide bonds. The first-order valence-corrected chi connectivity index (χ1v) is 8.79. The van der Waals surface area contributed by atoms with E-state index in [1.165, 1.54) is 29.4 Å². The molecule has 2 rings (SSSR count). The minimum atomic E-state index is -1.02. The monoisotopic (exact) mass is 359 g/mol. The normalized spacial score (nSPS) is 17.0. The van der Waals surface area contributed by atoms with E-state index in [-0.39, 0.29) is 11.5 Å². The molecular weight excluding hydrogens is 334 g/mol. The Morgan fingerprint density at radius 2 is 1.92 bits per heavy atom. The van der Waals surface area contributed by atoms with Gasteiger partial charge in [0.15, 0.2) is 11.9 Å². The van der Waals surface area contributed by atoms with E-state index in [1.807, 2.05) is 0 Å². The maximum Gasteiger partial charge on any atom is 0.355 e. The lowest BCUT2D eigenvalue weighted by molar-refractivity contribution is -0.143. The molecule has 1 aromatic rings. The Labute approximate surface area is 153 Å². The number of nitriles is 1. The van der Waals surface area contributed by atoms with Gasteiger partial charge in [0.1, 0.15) is 11.2 Å². The molecule has 7 nitrogen and oxygen atoms in total. The van der Waals surface area contributed by atoms with Crippen molar-refractivity contribution in [3.63, 3.8) is 0 Å². The molecule has 1 saturated carbocycles. The third-order valence-electron chi connectivity index (χ3n) is 5.11. The molecule has 1 fully saturated rings. The van der Waals surface area contributed by atoms with Crippen LogP contribution in [0, 0.1) is 11.3 Å². The molecule has 140 valence electrons. The van der Waals surface area contributed by atoms with Gasteiger partial charge in [-0.05, 0) is 32.8 Å². The van der Waals surface area contributed by atoms with Crippen LogP contribution in [0.2, 0.25) is 0 Å². The van der Waals surface area contributed by atoms with Gasteiger partial charge >= 0.3 is 5.97 Å². The molecule has 1 aromatic heterocycles. The molecule has 0 saturated heterocycles. The highest BCUT2D eigenvalue weighted by Crippen LogP contribution is 2.33. The van der Waals surface area contributed by atoms with Crippen molar-refractivity contribution in [2.75, 3.05) is 7.05 Å². The number of carbonyl (C=O) groups is 3. The molecule has 26 heavy (non-hydrogen) atoms. The van der Waals surface area contributed by atoms with Gasteiger partial charge in [-0.15, -0.1) is 0 Å². The molecule has 0 unspecified atom stereocenters. The van der Waals surface area contributed by atoms with Crippen molar-refractivity contribution in [2.45, 2.75) is 57.6 Å². The predicted octanol–water partition coefficient (Wildman–Crippen LogP) is 2.46. The lowest BCUT2D eigenvalue weighted by Crippen LogP contribution is -2.53. The molecule has 1 aliphatic rings. The number of esters is 1. The number of likely N-dealkylation sites (N-methyl/N-ethyl adjacent to an activating group) is 1. The minimum Gasteiger partial charge on any atom is -0.448 e. The van der Waals surface area contributed by atoms with Crippen LogP contribution >= 0.6 is 0 Å². The number of aromatic nitrogens is 1. The molecule has 0 N–H and O–H groups in total. The summed E-state index contributed by atoms with van der Waals surface area (Å²) in [4.78, 5) is 37.9. The number of ketones is 1. The maximum atomic E-state index is 12.7. The van der Waals surface area contributed by atoms with E-state index in [2.05, 4.69) is 6.07 Å². The third kappa shape index (κ3) is 3.79. The van der Waals surface area contributed by atoms with Crippen LogP contribution in [0.25, 0.3) is 0 Å². The highest BCUT2D eigenvalue weighted by molar-refractivity contribution is 5.98. The smallest absolute Gasteiger partial charge is 0.355 e. The average molecular weight is 359 g/mol. The Bertz CT molecular complexity index is 753. The van der Waals surface area contributed by atoms with E-state index in [0.717, 1.165) is 19.3 Å². The van der Waals surface area contributed by atoms with Gasteiger partial charge < -0.3 is 14.2 Å². The van der Waals surface area contributed by atoms with Gasteiger partial charge in [-0.25, -0.2) is 4.79 Å². The molecule has 0 spiro atoms. The van der Waals surface area contributed by atoms with Crippen LogP contribution in [0.3, 0.4) is 0 Å². The van der Waals surface area contributed by atoms with Gasteiger partial charge in [-0.1, -0.05) is 19.3 Å². The summed E-state index contributed by atoms with van der Waals surface area (Å²) in [5, 5.41) is 9.61. The van der Waals surface area contributed by atoms with E-state index >= 15 is 0 Å². The fourth-order valence-corrected chi connectivity index (χ4v) is 3.37. The van der Waals surface area contributed by atoms with Crippen molar-refractivity contribution in [3.05, 3.63) is 23.5 Å². The second kappa shape index (κ2) is 7.73. The van der Waals surface area contributed by atoms with Crippen LogP contribution in [0.5, 0.6) is 0 Å². The molecule has 0 bridgehead atoms. The molecule has 0 aromatic carbocycles. The van der Waals surface area contributed by atoms with Crippen molar-refractivity contribution >= 4 is 17.7 Å². The van der Waals surface area contributed by atoms with E-state index < -0.39 is 23.5 Å². The first-order chi connectivity index (χ1) is 12.2. The summed E-state index contributed by atoms with van der Waals surface area (Å²) in [7, 11) is 3.23. The maximum absolute atomic E-state index is 12.7. The Balaban J connectivity index is 2.10. The predicted molar refractivity (Wildman–Crippen MR) is 94.5 cm³/mol. The van der Waals surface area contributed by atoms with Gasteiger partial charge in [0, 0.05) is 25.9 Å². The van der Waals surface area contributed by atoms with Crippen LogP contribution in [-0.4, -0.2) is 45.8 Å². The van der Waals surface area contributed by atoms with Crippen LogP contribution in [-0.2, 0) is 16.6 Å². The zero-order chi connectivity index (χ0) is 19.5. The van der Waals surface area contributed by atoms with Gasteiger partial charge in [-0.3, -0.25) is 9.59 Å². The first kappa shape index (κ1) is 19.7. The summed E-state index contributed by atoms with van der Waals surface area (Å²) in [6.07, 6.45) is 4.65. The second-order valence-electron chi connectivity index (χ2n) is 6.93. The number of nitrogens with zero attached hydrogens (tertiary/aromatic N) is 3. The molecule has 7 heteroatoms. The zero-order valence-electron chi connectivity index (χ0n) is 15.7. The number of hydrogen-bond donors (Lipinski definition) is 0. The van der Waals surface area contributed by atoms with E-state index in [1.54, 1.807) is 20.3 Å². The van der Waals surface area contributed by atoms with Crippen molar-refractivity contribution in [2.24, 2.45) is 7.05 Å². The van der Waals surface area contributed by atoms with Gasteiger partial charge in [-0.2, -0.15) is 5.26 Å². The third-order valence-corrected chi connectivity index (χ3v) is 5.11. The number of amides is 1. The van der Waals surface area contributed by atoms with Gasteiger partial charge in [0.25, 0.3) is 5.91 Å².